The Morgan fingerprint density at radius 3 is 2.50 bits per heavy atom. The number of hydrogen-bond acceptors (Lipinski definition) is 5. The average molecular weight is 535 g/mol. The molecular formula is C28H25Cl2NaO5. The Balaban J connectivity index is 0.00000361. The molecule has 4 rings (SSSR count). The molecule has 0 N–H and O–H groups in total. The molecule has 8 heteroatoms. The van der Waals surface area contributed by atoms with Crippen molar-refractivity contribution in [1.82, 2.24) is 0 Å². The molecule has 1 aliphatic heterocycles. The summed E-state index contributed by atoms with van der Waals surface area (Å²) in [4.78, 5) is 23.9. The Morgan fingerprint density at radius 2 is 1.78 bits per heavy atom. The van der Waals surface area contributed by atoms with Gasteiger partial charge in [0.25, 0.3) is 0 Å². The molecule has 0 aromatic heterocycles. The first-order valence-electron chi connectivity index (χ1n) is 11.6. The van der Waals surface area contributed by atoms with Crippen LogP contribution in [0.15, 0.2) is 60.7 Å². The van der Waals surface area contributed by atoms with Gasteiger partial charge in [-0.25, -0.2) is 0 Å². The fourth-order valence-electron chi connectivity index (χ4n) is 4.18. The molecule has 0 saturated heterocycles. The van der Waals surface area contributed by atoms with Gasteiger partial charge in [0, 0.05) is 40.5 Å². The second kappa shape index (κ2) is 13.5. The minimum Gasteiger partial charge on any atom is -0.549 e. The van der Waals surface area contributed by atoms with Crippen molar-refractivity contribution in [2.45, 2.75) is 44.4 Å². The smallest absolute Gasteiger partial charge is 0.549 e. The third-order valence-corrected chi connectivity index (χ3v) is 6.58. The predicted molar refractivity (Wildman–Crippen MR) is 134 cm³/mol. The van der Waals surface area contributed by atoms with E-state index in [4.69, 9.17) is 32.7 Å². The number of rotatable bonds is 10. The van der Waals surface area contributed by atoms with Crippen LogP contribution in [0, 0.1) is 0 Å². The van der Waals surface area contributed by atoms with Gasteiger partial charge in [-0.05, 0) is 73.7 Å². The second-order valence-electron chi connectivity index (χ2n) is 8.57. The van der Waals surface area contributed by atoms with Crippen LogP contribution in [-0.4, -0.2) is 18.4 Å². The van der Waals surface area contributed by atoms with Crippen LogP contribution in [0.5, 0.6) is 17.2 Å². The van der Waals surface area contributed by atoms with Crippen molar-refractivity contribution in [3.8, 4) is 17.2 Å². The number of carbonyl (C=O) groups excluding carboxylic acids is 2. The fourth-order valence-corrected chi connectivity index (χ4v) is 4.60. The average Bonchev–Trinajstić information content (AvgIpc) is 2.84. The molecule has 1 heterocycles. The standard InChI is InChI=1S/C28H26Cl2O5.Na/c29-20-7-4-6-18(15-20)5-2-1-3-8-25(31)19-9-11-21(12-10-19)35-27-17-26-23(16-24(27)30)22(28(32)33)13-14-34-26;/h4,6-7,9-12,15-17,22H,1-3,5,8,13-14H2,(H,32,33);/q;+1/p-1. The summed E-state index contributed by atoms with van der Waals surface area (Å²) >= 11 is 12.4. The number of carboxylic acid groups (broad SMARTS) is 1. The first kappa shape index (κ1) is 28.5. The van der Waals surface area contributed by atoms with Crippen LogP contribution in [0.1, 0.15) is 59.5 Å². The number of benzene rings is 3. The van der Waals surface area contributed by atoms with Crippen LogP contribution in [-0.2, 0) is 11.2 Å². The van der Waals surface area contributed by atoms with Gasteiger partial charge in [0.1, 0.15) is 17.2 Å². The van der Waals surface area contributed by atoms with Crippen LogP contribution in [0.4, 0.5) is 0 Å². The summed E-state index contributed by atoms with van der Waals surface area (Å²) in [6.07, 6.45) is 4.58. The number of unbranched alkanes of at least 4 members (excludes halogenated alkanes) is 2. The first-order chi connectivity index (χ1) is 16.9. The summed E-state index contributed by atoms with van der Waals surface area (Å²) in [5, 5.41) is 12.4. The minimum atomic E-state index is -1.15. The zero-order valence-corrected chi connectivity index (χ0v) is 23.6. The first-order valence-corrected chi connectivity index (χ1v) is 12.4. The Hall–Kier alpha value is -2.02. The zero-order valence-electron chi connectivity index (χ0n) is 20.1. The van der Waals surface area contributed by atoms with Gasteiger partial charge in [-0.15, -0.1) is 0 Å². The molecule has 0 amide bonds. The number of halogens is 2. The van der Waals surface area contributed by atoms with E-state index in [2.05, 4.69) is 6.07 Å². The van der Waals surface area contributed by atoms with E-state index in [0.29, 0.717) is 41.2 Å². The Labute approximate surface area is 243 Å². The van der Waals surface area contributed by atoms with Gasteiger partial charge in [-0.3, -0.25) is 4.79 Å². The van der Waals surface area contributed by atoms with Crippen molar-refractivity contribution in [3.05, 3.63) is 87.4 Å². The summed E-state index contributed by atoms with van der Waals surface area (Å²) in [5.41, 5.74) is 2.33. The molecule has 1 aliphatic rings. The van der Waals surface area contributed by atoms with Crippen LogP contribution in [0.3, 0.4) is 0 Å². The fraction of sp³-hybridized carbons (Fsp3) is 0.286. The van der Waals surface area contributed by atoms with E-state index in [0.717, 1.165) is 30.7 Å². The summed E-state index contributed by atoms with van der Waals surface area (Å²) in [7, 11) is 0. The maximum Gasteiger partial charge on any atom is 1.00 e. The molecule has 0 radical (unpaired) electrons. The van der Waals surface area contributed by atoms with Crippen LogP contribution in [0.25, 0.3) is 0 Å². The van der Waals surface area contributed by atoms with Gasteiger partial charge in [0.05, 0.1) is 11.6 Å². The Morgan fingerprint density at radius 1 is 1.00 bits per heavy atom. The number of hydrogen-bond donors (Lipinski definition) is 0. The molecule has 3 aromatic rings. The quantitative estimate of drug-likeness (QED) is 0.226. The molecular weight excluding hydrogens is 510 g/mol. The topological polar surface area (TPSA) is 75.7 Å². The maximum atomic E-state index is 12.5. The van der Waals surface area contributed by atoms with Gasteiger partial charge < -0.3 is 19.4 Å². The summed E-state index contributed by atoms with van der Waals surface area (Å²) in [6.45, 7) is 0.282. The number of Topliss-reactive ketones (excluding diaryl/α,β-unsaturated/α-hetero) is 1. The Kier molecular flexibility index (Phi) is 10.7. The maximum absolute atomic E-state index is 12.5. The van der Waals surface area contributed by atoms with Crippen molar-refractivity contribution in [2.24, 2.45) is 0 Å². The van der Waals surface area contributed by atoms with E-state index in [1.165, 1.54) is 5.56 Å². The normalized spacial score (nSPS) is 14.2. The van der Waals surface area contributed by atoms with Gasteiger partial charge in [0.2, 0.25) is 0 Å². The minimum absolute atomic E-state index is 0. The largest absolute Gasteiger partial charge is 1.00 e. The molecule has 3 aromatic carbocycles. The number of fused-ring (bicyclic) bond motifs is 1. The van der Waals surface area contributed by atoms with Crippen molar-refractivity contribution in [1.29, 1.82) is 0 Å². The molecule has 0 saturated carbocycles. The molecule has 0 bridgehead atoms. The number of ether oxygens (including phenoxy) is 2. The van der Waals surface area contributed by atoms with E-state index in [1.807, 2.05) is 18.2 Å². The van der Waals surface area contributed by atoms with Crippen molar-refractivity contribution in [3.63, 3.8) is 0 Å². The van der Waals surface area contributed by atoms with Crippen LogP contribution >= 0.6 is 23.2 Å². The number of aliphatic carboxylic acids is 1. The van der Waals surface area contributed by atoms with Gasteiger partial charge in [-0.1, -0.05) is 41.8 Å². The van der Waals surface area contributed by atoms with Crippen molar-refractivity contribution >= 4 is 35.0 Å². The van der Waals surface area contributed by atoms with Gasteiger partial charge >= 0.3 is 29.6 Å². The van der Waals surface area contributed by atoms with E-state index < -0.39 is 11.9 Å². The number of carbonyl (C=O) groups is 2. The molecule has 182 valence electrons. The van der Waals surface area contributed by atoms with Crippen molar-refractivity contribution in [2.75, 3.05) is 6.61 Å². The molecule has 1 unspecified atom stereocenters. The Bertz CT molecular complexity index is 1210. The molecule has 0 spiro atoms. The summed E-state index contributed by atoms with van der Waals surface area (Å²) in [5.74, 6) is -0.534. The number of ketones is 1. The number of aryl methyl sites for hydroxylation is 1. The van der Waals surface area contributed by atoms with E-state index in [1.54, 1.807) is 36.4 Å². The molecule has 0 fully saturated rings. The monoisotopic (exact) mass is 534 g/mol. The van der Waals surface area contributed by atoms with Gasteiger partial charge in [-0.2, -0.15) is 0 Å². The predicted octanol–water partition coefficient (Wildman–Crippen LogP) is 3.39. The summed E-state index contributed by atoms with van der Waals surface area (Å²) < 4.78 is 11.5. The van der Waals surface area contributed by atoms with Crippen molar-refractivity contribution < 1.29 is 53.7 Å². The van der Waals surface area contributed by atoms with E-state index in [-0.39, 0.29) is 47.0 Å². The molecule has 1 atom stereocenters. The molecule has 5 nitrogen and oxygen atoms in total. The van der Waals surface area contributed by atoms with E-state index in [9.17, 15) is 14.7 Å². The summed E-state index contributed by atoms with van der Waals surface area (Å²) in [6, 6.07) is 17.9. The number of carboxylic acids is 1. The van der Waals surface area contributed by atoms with Gasteiger partial charge in [0.15, 0.2) is 5.78 Å². The molecule has 0 aliphatic carbocycles. The van der Waals surface area contributed by atoms with Crippen LogP contribution < -0.4 is 44.1 Å². The third kappa shape index (κ3) is 7.50. The third-order valence-electron chi connectivity index (χ3n) is 6.05. The zero-order chi connectivity index (χ0) is 24.8. The molecule has 36 heavy (non-hydrogen) atoms. The van der Waals surface area contributed by atoms with Crippen LogP contribution in [0.2, 0.25) is 10.0 Å². The van der Waals surface area contributed by atoms with E-state index >= 15 is 0 Å². The SMILES string of the molecule is O=C(CCCCCc1cccc(Cl)c1)c1ccc(Oc2cc3c(cc2Cl)C(C(=O)[O-])CCO3)cc1.[Na+]. The second-order valence-corrected chi connectivity index (χ2v) is 9.41.